The summed E-state index contributed by atoms with van der Waals surface area (Å²) >= 11 is 0. The van der Waals surface area contributed by atoms with E-state index in [0.717, 1.165) is 6.54 Å². The Morgan fingerprint density at radius 3 is 2.36 bits per heavy atom. The Morgan fingerprint density at radius 1 is 1.36 bits per heavy atom. The summed E-state index contributed by atoms with van der Waals surface area (Å²) in [5.74, 6) is 0. The van der Waals surface area contributed by atoms with Crippen LogP contribution in [-0.2, 0) is 0 Å². The van der Waals surface area contributed by atoms with Gasteiger partial charge in [-0.25, -0.2) is 0 Å². The van der Waals surface area contributed by atoms with Crippen LogP contribution in [0.15, 0.2) is 0 Å². The van der Waals surface area contributed by atoms with Crippen molar-refractivity contribution in [2.24, 2.45) is 5.73 Å². The van der Waals surface area contributed by atoms with Crippen LogP contribution in [0.5, 0.6) is 0 Å². The van der Waals surface area contributed by atoms with E-state index in [1.807, 2.05) is 0 Å². The van der Waals surface area contributed by atoms with Crippen LogP contribution < -0.4 is 11.1 Å². The molecular formula is C7H18Cl2N2. The maximum atomic E-state index is 5.50. The summed E-state index contributed by atoms with van der Waals surface area (Å²) in [6.45, 7) is 3.02. The van der Waals surface area contributed by atoms with Crippen molar-refractivity contribution in [2.45, 2.75) is 38.3 Å². The van der Waals surface area contributed by atoms with E-state index in [1.54, 1.807) is 0 Å². The molecule has 3 N–H and O–H groups in total. The fraction of sp³-hybridized carbons (Fsp3) is 1.00. The number of nitrogens with one attached hydrogen (secondary N) is 1. The van der Waals surface area contributed by atoms with E-state index in [4.69, 9.17) is 5.73 Å². The van der Waals surface area contributed by atoms with Crippen LogP contribution >= 0.6 is 24.8 Å². The summed E-state index contributed by atoms with van der Waals surface area (Å²) in [4.78, 5) is 0. The number of halogens is 2. The van der Waals surface area contributed by atoms with Gasteiger partial charge in [-0.3, -0.25) is 0 Å². The highest BCUT2D eigenvalue weighted by Crippen LogP contribution is 2.10. The van der Waals surface area contributed by atoms with Crippen LogP contribution in [0.4, 0.5) is 0 Å². The Bertz CT molecular complexity index is 90.5. The van der Waals surface area contributed by atoms with E-state index in [2.05, 4.69) is 12.2 Å². The minimum atomic E-state index is 0. The van der Waals surface area contributed by atoms with Gasteiger partial charge in [0.2, 0.25) is 0 Å². The van der Waals surface area contributed by atoms with E-state index < -0.39 is 0 Å². The molecule has 1 aliphatic rings. The lowest BCUT2D eigenvalue weighted by Gasteiger charge is -2.27. The van der Waals surface area contributed by atoms with E-state index in [9.17, 15) is 0 Å². The second-order valence-corrected chi connectivity index (χ2v) is 2.93. The normalized spacial score (nSPS) is 30.0. The highest BCUT2D eigenvalue weighted by molar-refractivity contribution is 5.85. The zero-order valence-electron chi connectivity index (χ0n) is 6.88. The molecule has 0 aliphatic carbocycles. The van der Waals surface area contributed by atoms with Gasteiger partial charge in [-0.1, -0.05) is 6.42 Å². The fourth-order valence-corrected chi connectivity index (χ4v) is 1.43. The summed E-state index contributed by atoms with van der Waals surface area (Å²) in [6, 6.07) is 1.28. The molecule has 0 amide bonds. The molecule has 0 radical (unpaired) electrons. The maximum absolute atomic E-state index is 5.50. The van der Waals surface area contributed by atoms with Crippen molar-refractivity contribution in [1.82, 2.24) is 5.32 Å². The lowest BCUT2D eigenvalue weighted by atomic mass is 10.00. The Morgan fingerprint density at radius 2 is 2.00 bits per heavy atom. The molecule has 0 saturated carbocycles. The Kier molecular flexibility index (Phi) is 9.15. The topological polar surface area (TPSA) is 38.0 Å². The van der Waals surface area contributed by atoms with Crippen molar-refractivity contribution in [3.8, 4) is 0 Å². The third kappa shape index (κ3) is 4.86. The van der Waals surface area contributed by atoms with Gasteiger partial charge in [0.15, 0.2) is 0 Å². The molecule has 2 unspecified atom stereocenters. The standard InChI is InChI=1S/C7H16N2.2ClH/c1-6-3-2-4-7(5-8)9-6;;/h6-7,9H,2-5,8H2,1H3;2*1H. The zero-order chi connectivity index (χ0) is 6.69. The Hall–Kier alpha value is 0.500. The van der Waals surface area contributed by atoms with Crippen LogP contribution in [0.3, 0.4) is 0 Å². The first kappa shape index (κ1) is 14.0. The Balaban J connectivity index is 0. The van der Waals surface area contributed by atoms with Gasteiger partial charge in [0, 0.05) is 18.6 Å². The predicted octanol–water partition coefficient (Wildman–Crippen LogP) is 1.32. The molecule has 0 aromatic heterocycles. The quantitative estimate of drug-likeness (QED) is 0.671. The third-order valence-corrected chi connectivity index (χ3v) is 1.99. The van der Waals surface area contributed by atoms with Crippen molar-refractivity contribution < 1.29 is 0 Å². The first-order valence-corrected chi connectivity index (χ1v) is 3.79. The molecule has 0 bridgehead atoms. The first-order chi connectivity index (χ1) is 4.33. The molecule has 70 valence electrons. The molecule has 1 fully saturated rings. The van der Waals surface area contributed by atoms with Crippen LogP contribution in [0.1, 0.15) is 26.2 Å². The van der Waals surface area contributed by atoms with Gasteiger partial charge < -0.3 is 11.1 Å². The molecule has 1 saturated heterocycles. The predicted molar refractivity (Wildman–Crippen MR) is 53.8 cm³/mol. The SMILES string of the molecule is CC1CCCC(CN)N1.Cl.Cl. The number of hydrogen-bond donors (Lipinski definition) is 2. The van der Waals surface area contributed by atoms with Crippen molar-refractivity contribution in [3.63, 3.8) is 0 Å². The van der Waals surface area contributed by atoms with Gasteiger partial charge in [0.05, 0.1) is 0 Å². The van der Waals surface area contributed by atoms with Gasteiger partial charge >= 0.3 is 0 Å². The summed E-state index contributed by atoms with van der Waals surface area (Å²) in [5.41, 5.74) is 5.50. The Labute approximate surface area is 81.1 Å². The molecule has 1 heterocycles. The lowest BCUT2D eigenvalue weighted by Crippen LogP contribution is -2.44. The summed E-state index contributed by atoms with van der Waals surface area (Å²) in [5, 5.41) is 3.44. The maximum Gasteiger partial charge on any atom is 0.0192 e. The zero-order valence-corrected chi connectivity index (χ0v) is 8.51. The van der Waals surface area contributed by atoms with Crippen molar-refractivity contribution in [3.05, 3.63) is 0 Å². The molecular weight excluding hydrogens is 183 g/mol. The third-order valence-electron chi connectivity index (χ3n) is 1.99. The van der Waals surface area contributed by atoms with Crippen LogP contribution in [-0.4, -0.2) is 18.6 Å². The molecule has 4 heteroatoms. The van der Waals surface area contributed by atoms with Gasteiger partial charge in [0.25, 0.3) is 0 Å². The molecule has 1 rings (SSSR count). The fourth-order valence-electron chi connectivity index (χ4n) is 1.43. The van der Waals surface area contributed by atoms with Gasteiger partial charge in [-0.05, 0) is 19.8 Å². The summed E-state index contributed by atoms with van der Waals surface area (Å²) < 4.78 is 0. The van der Waals surface area contributed by atoms with Crippen molar-refractivity contribution in [1.29, 1.82) is 0 Å². The van der Waals surface area contributed by atoms with Crippen LogP contribution in [0, 0.1) is 0 Å². The van der Waals surface area contributed by atoms with E-state index in [1.165, 1.54) is 19.3 Å². The van der Waals surface area contributed by atoms with E-state index in [0.29, 0.717) is 12.1 Å². The van der Waals surface area contributed by atoms with Crippen LogP contribution in [0.2, 0.25) is 0 Å². The molecule has 1 aliphatic heterocycles. The average molecular weight is 201 g/mol. The molecule has 0 aromatic rings. The highest BCUT2D eigenvalue weighted by Gasteiger charge is 2.15. The number of nitrogens with two attached hydrogens (primary N) is 1. The molecule has 0 aromatic carbocycles. The largest absolute Gasteiger partial charge is 0.329 e. The number of hydrogen-bond acceptors (Lipinski definition) is 2. The minimum absolute atomic E-state index is 0. The monoisotopic (exact) mass is 200 g/mol. The first-order valence-electron chi connectivity index (χ1n) is 3.79. The summed E-state index contributed by atoms with van der Waals surface area (Å²) in [6.07, 6.45) is 3.92. The van der Waals surface area contributed by atoms with E-state index >= 15 is 0 Å². The lowest BCUT2D eigenvalue weighted by molar-refractivity contribution is 0.340. The number of rotatable bonds is 1. The molecule has 2 atom stereocenters. The number of piperidine rings is 1. The van der Waals surface area contributed by atoms with Gasteiger partial charge in [-0.15, -0.1) is 24.8 Å². The minimum Gasteiger partial charge on any atom is -0.329 e. The van der Waals surface area contributed by atoms with Gasteiger partial charge in [-0.2, -0.15) is 0 Å². The molecule has 2 nitrogen and oxygen atoms in total. The van der Waals surface area contributed by atoms with Gasteiger partial charge in [0.1, 0.15) is 0 Å². The summed E-state index contributed by atoms with van der Waals surface area (Å²) in [7, 11) is 0. The smallest absolute Gasteiger partial charge is 0.0192 e. The van der Waals surface area contributed by atoms with Crippen molar-refractivity contribution in [2.75, 3.05) is 6.54 Å². The van der Waals surface area contributed by atoms with Crippen molar-refractivity contribution >= 4 is 24.8 Å². The molecule has 11 heavy (non-hydrogen) atoms. The average Bonchev–Trinajstić information content (AvgIpc) is 1.88. The second kappa shape index (κ2) is 7.17. The van der Waals surface area contributed by atoms with Crippen LogP contribution in [0.25, 0.3) is 0 Å². The molecule has 0 spiro atoms. The highest BCUT2D eigenvalue weighted by atomic mass is 35.5. The second-order valence-electron chi connectivity index (χ2n) is 2.93. The van der Waals surface area contributed by atoms with E-state index in [-0.39, 0.29) is 24.8 Å².